The van der Waals surface area contributed by atoms with Crippen molar-refractivity contribution in [3.63, 3.8) is 0 Å². The van der Waals surface area contributed by atoms with E-state index in [4.69, 9.17) is 4.98 Å². The fraction of sp³-hybridized carbons (Fsp3) is 0.594. The lowest BCUT2D eigenvalue weighted by Crippen LogP contribution is -2.55. The predicted molar refractivity (Wildman–Crippen MR) is 151 cm³/mol. The van der Waals surface area contributed by atoms with Crippen LogP contribution >= 0.6 is 0 Å². The van der Waals surface area contributed by atoms with Gasteiger partial charge in [-0.3, -0.25) is 14.5 Å². The maximum atomic E-state index is 14.0. The first-order chi connectivity index (χ1) is 18.4. The third kappa shape index (κ3) is 3.90. The summed E-state index contributed by atoms with van der Waals surface area (Å²) in [7, 11) is 0. The second kappa shape index (κ2) is 9.18. The number of nitrogens with zero attached hydrogens (tertiary/aromatic N) is 3. The fourth-order valence-corrected chi connectivity index (χ4v) is 8.93. The minimum atomic E-state index is -0.218. The molecule has 4 bridgehead atoms. The number of benzene rings is 1. The van der Waals surface area contributed by atoms with Crippen LogP contribution in [0.2, 0.25) is 0 Å². The first kappa shape index (κ1) is 24.3. The highest BCUT2D eigenvalue weighted by atomic mass is 16.1. The molecular formula is C32H40N4O2. The zero-order valence-corrected chi connectivity index (χ0v) is 22.7. The van der Waals surface area contributed by atoms with Crippen LogP contribution in [0.3, 0.4) is 0 Å². The Labute approximate surface area is 224 Å². The largest absolute Gasteiger partial charge is 0.320 e. The molecular weight excluding hydrogens is 472 g/mol. The second-order valence-electron chi connectivity index (χ2n) is 13.1. The summed E-state index contributed by atoms with van der Waals surface area (Å²) in [6, 6.07) is 14.1. The van der Waals surface area contributed by atoms with Gasteiger partial charge in [0.15, 0.2) is 5.69 Å². The molecule has 6 atom stereocenters. The molecule has 2 saturated heterocycles. The van der Waals surface area contributed by atoms with Crippen molar-refractivity contribution in [2.24, 2.45) is 23.2 Å². The van der Waals surface area contributed by atoms with Crippen molar-refractivity contribution in [2.45, 2.75) is 89.8 Å². The molecule has 3 saturated carbocycles. The van der Waals surface area contributed by atoms with Gasteiger partial charge in [0.1, 0.15) is 0 Å². The second-order valence-corrected chi connectivity index (χ2v) is 13.1. The summed E-state index contributed by atoms with van der Waals surface area (Å²) in [6.07, 6.45) is 11.4. The zero-order valence-electron chi connectivity index (χ0n) is 22.7. The molecule has 0 radical (unpaired) electrons. The van der Waals surface area contributed by atoms with Crippen molar-refractivity contribution in [3.8, 4) is 11.4 Å². The lowest BCUT2D eigenvalue weighted by molar-refractivity contribution is -0.111. The quantitative estimate of drug-likeness (QED) is 0.471. The van der Waals surface area contributed by atoms with Gasteiger partial charge in [0.2, 0.25) is 5.56 Å². The van der Waals surface area contributed by atoms with E-state index in [0.717, 1.165) is 41.6 Å². The van der Waals surface area contributed by atoms with Crippen molar-refractivity contribution < 1.29 is 0 Å². The molecule has 6 heteroatoms. The standard InChI is InChI=1S/C32H40N4O2/c1-32(2)21-14-13-20(25(32)17-21)15-16-35-22-7-5-8-23(35)19-24(18-22)36-28-11-4-3-9-26(28)34-30(31(36)38)27-10-6-12-29(37)33-27/h3-4,6,9-12,20-25H,5,7-8,13-19H2,1-2H3,(H,33,37)/t20-,21-,22-,23+,24?,25-/m0/s1. The Balaban J connectivity index is 1.18. The van der Waals surface area contributed by atoms with E-state index in [1.165, 1.54) is 57.6 Å². The summed E-state index contributed by atoms with van der Waals surface area (Å²) in [5.74, 6) is 2.77. The highest BCUT2D eigenvalue weighted by molar-refractivity contribution is 5.77. The van der Waals surface area contributed by atoms with E-state index in [2.05, 4.69) is 23.7 Å². The molecule has 1 aromatic carbocycles. The van der Waals surface area contributed by atoms with Gasteiger partial charge in [-0.1, -0.05) is 38.5 Å². The number of nitrogens with one attached hydrogen (secondary N) is 1. The van der Waals surface area contributed by atoms with Crippen molar-refractivity contribution in [2.75, 3.05) is 6.54 Å². The molecule has 8 rings (SSSR count). The normalized spacial score (nSPS) is 32.2. The monoisotopic (exact) mass is 512 g/mol. The van der Waals surface area contributed by atoms with Crippen molar-refractivity contribution in [1.82, 2.24) is 19.4 Å². The lowest BCUT2D eigenvalue weighted by Gasteiger charge is -2.60. The smallest absolute Gasteiger partial charge is 0.279 e. The van der Waals surface area contributed by atoms with Crippen LogP contribution < -0.4 is 11.1 Å². The number of hydrogen-bond acceptors (Lipinski definition) is 4. The van der Waals surface area contributed by atoms with Crippen LogP contribution in [0.1, 0.15) is 77.7 Å². The molecule has 5 aliphatic rings. The molecule has 2 aromatic heterocycles. The predicted octanol–water partition coefficient (Wildman–Crippen LogP) is 5.77. The number of rotatable bonds is 5. The molecule has 1 unspecified atom stereocenters. The summed E-state index contributed by atoms with van der Waals surface area (Å²) in [6.45, 7) is 6.23. The summed E-state index contributed by atoms with van der Waals surface area (Å²) in [5.41, 5.74) is 2.78. The molecule has 5 fully saturated rings. The Morgan fingerprint density at radius 1 is 0.921 bits per heavy atom. The minimum absolute atomic E-state index is 0.0916. The fourth-order valence-electron chi connectivity index (χ4n) is 8.93. The average Bonchev–Trinajstić information content (AvgIpc) is 2.91. The average molecular weight is 513 g/mol. The highest BCUT2D eigenvalue weighted by Gasteiger charge is 2.54. The van der Waals surface area contributed by atoms with Crippen LogP contribution in [-0.4, -0.2) is 38.1 Å². The molecule has 2 aliphatic heterocycles. The van der Waals surface area contributed by atoms with Gasteiger partial charge in [0, 0.05) is 24.2 Å². The number of H-pyrrole nitrogens is 1. The number of hydrogen-bond donors (Lipinski definition) is 1. The molecule has 3 aromatic rings. The zero-order chi connectivity index (χ0) is 26.0. The van der Waals surface area contributed by atoms with E-state index in [0.29, 0.717) is 28.9 Å². The Kier molecular flexibility index (Phi) is 5.88. The minimum Gasteiger partial charge on any atom is -0.320 e. The van der Waals surface area contributed by atoms with Gasteiger partial charge < -0.3 is 9.55 Å². The van der Waals surface area contributed by atoms with Gasteiger partial charge in [0.25, 0.3) is 5.56 Å². The maximum absolute atomic E-state index is 14.0. The van der Waals surface area contributed by atoms with Gasteiger partial charge in [-0.15, -0.1) is 0 Å². The number of pyridine rings is 1. The SMILES string of the molecule is CC1(C)[C@H]2CC[C@@H](CCN3[C@@H]4CCC[C@H]3CC(n3c(=O)c(-c5cccc(=O)[nH]5)nc5ccccc53)C4)[C@@H]1C2. The number of aromatic amines is 1. The number of fused-ring (bicyclic) bond motifs is 5. The third-order valence-electron chi connectivity index (χ3n) is 11.0. The number of para-hydroxylation sites is 2. The molecule has 4 heterocycles. The molecule has 0 spiro atoms. The van der Waals surface area contributed by atoms with E-state index in [1.807, 2.05) is 28.8 Å². The van der Waals surface area contributed by atoms with Crippen molar-refractivity contribution in [1.29, 1.82) is 0 Å². The molecule has 3 aliphatic carbocycles. The summed E-state index contributed by atoms with van der Waals surface area (Å²) < 4.78 is 2.02. The van der Waals surface area contributed by atoms with E-state index < -0.39 is 0 Å². The summed E-state index contributed by atoms with van der Waals surface area (Å²) in [5, 5.41) is 0. The molecule has 200 valence electrons. The van der Waals surface area contributed by atoms with Crippen molar-refractivity contribution >= 4 is 11.0 Å². The van der Waals surface area contributed by atoms with Gasteiger partial charge in [-0.25, -0.2) is 4.98 Å². The Hall–Kier alpha value is -2.73. The van der Waals surface area contributed by atoms with E-state index in [1.54, 1.807) is 12.1 Å². The first-order valence-electron chi connectivity index (χ1n) is 14.9. The molecule has 38 heavy (non-hydrogen) atoms. The molecule has 6 nitrogen and oxygen atoms in total. The van der Waals surface area contributed by atoms with Gasteiger partial charge >= 0.3 is 0 Å². The molecule has 1 N–H and O–H groups in total. The van der Waals surface area contributed by atoms with E-state index in [9.17, 15) is 9.59 Å². The summed E-state index contributed by atoms with van der Waals surface area (Å²) >= 11 is 0. The number of piperidine rings is 2. The highest BCUT2D eigenvalue weighted by Crippen LogP contribution is 2.62. The Morgan fingerprint density at radius 2 is 1.71 bits per heavy atom. The van der Waals surface area contributed by atoms with Crippen LogP contribution in [0, 0.1) is 23.2 Å². The Bertz CT molecular complexity index is 1460. The first-order valence-corrected chi connectivity index (χ1v) is 14.9. The van der Waals surface area contributed by atoms with Crippen LogP contribution in [-0.2, 0) is 0 Å². The van der Waals surface area contributed by atoms with Crippen LogP contribution in [0.4, 0.5) is 0 Å². The van der Waals surface area contributed by atoms with Crippen molar-refractivity contribution in [3.05, 3.63) is 63.2 Å². The van der Waals surface area contributed by atoms with Crippen LogP contribution in [0.25, 0.3) is 22.4 Å². The van der Waals surface area contributed by atoms with Crippen LogP contribution in [0.5, 0.6) is 0 Å². The maximum Gasteiger partial charge on any atom is 0.279 e. The molecule has 0 amide bonds. The Morgan fingerprint density at radius 3 is 2.45 bits per heavy atom. The van der Waals surface area contributed by atoms with Gasteiger partial charge in [-0.05, 0) is 99.3 Å². The third-order valence-corrected chi connectivity index (χ3v) is 11.0. The number of aromatic nitrogens is 3. The van der Waals surface area contributed by atoms with Gasteiger partial charge in [0.05, 0.1) is 16.7 Å². The summed E-state index contributed by atoms with van der Waals surface area (Å²) in [4.78, 5) is 36.4. The lowest BCUT2D eigenvalue weighted by atomic mass is 9.45. The van der Waals surface area contributed by atoms with E-state index >= 15 is 0 Å². The topological polar surface area (TPSA) is 71.0 Å². The van der Waals surface area contributed by atoms with E-state index in [-0.39, 0.29) is 17.2 Å². The van der Waals surface area contributed by atoms with Crippen LogP contribution in [0.15, 0.2) is 52.1 Å². The van der Waals surface area contributed by atoms with Gasteiger partial charge in [-0.2, -0.15) is 0 Å².